The van der Waals surface area contributed by atoms with Gasteiger partial charge >= 0.3 is 0 Å². The molecule has 24 heavy (non-hydrogen) atoms. The SMILES string of the molecule is O=C(Nc1ccnn1Cc1ccc(Br)cc1)C1CC12CCNCC2. The molecule has 1 aromatic carbocycles. The third kappa shape index (κ3) is 3.13. The summed E-state index contributed by atoms with van der Waals surface area (Å²) in [5, 5.41) is 10.8. The molecule has 1 unspecified atom stereocenters. The molecule has 1 atom stereocenters. The van der Waals surface area contributed by atoms with Crippen molar-refractivity contribution in [3.05, 3.63) is 46.6 Å². The van der Waals surface area contributed by atoms with Crippen molar-refractivity contribution in [2.75, 3.05) is 18.4 Å². The van der Waals surface area contributed by atoms with Crippen molar-refractivity contribution in [1.82, 2.24) is 15.1 Å². The smallest absolute Gasteiger partial charge is 0.229 e. The molecule has 2 N–H and O–H groups in total. The quantitative estimate of drug-likeness (QED) is 0.845. The molecule has 126 valence electrons. The summed E-state index contributed by atoms with van der Waals surface area (Å²) in [5.41, 5.74) is 1.41. The van der Waals surface area contributed by atoms with Gasteiger partial charge in [-0.25, -0.2) is 4.68 Å². The zero-order valence-electron chi connectivity index (χ0n) is 13.5. The first-order valence-corrected chi connectivity index (χ1v) is 9.23. The van der Waals surface area contributed by atoms with Crippen molar-refractivity contribution >= 4 is 27.7 Å². The van der Waals surface area contributed by atoms with Crippen LogP contribution in [0.15, 0.2) is 41.0 Å². The van der Waals surface area contributed by atoms with Crippen LogP contribution in [0.1, 0.15) is 24.8 Å². The summed E-state index contributed by atoms with van der Waals surface area (Å²) in [6.45, 7) is 2.71. The highest BCUT2D eigenvalue weighted by molar-refractivity contribution is 9.10. The minimum absolute atomic E-state index is 0.148. The molecule has 1 amide bonds. The first kappa shape index (κ1) is 15.8. The van der Waals surface area contributed by atoms with Gasteiger partial charge in [-0.15, -0.1) is 0 Å². The maximum atomic E-state index is 12.6. The molecule has 4 rings (SSSR count). The van der Waals surface area contributed by atoms with Crippen molar-refractivity contribution in [2.24, 2.45) is 11.3 Å². The van der Waals surface area contributed by atoms with Gasteiger partial charge in [-0.1, -0.05) is 28.1 Å². The minimum atomic E-state index is 0.148. The number of halogens is 1. The highest BCUT2D eigenvalue weighted by Crippen LogP contribution is 2.58. The summed E-state index contributed by atoms with van der Waals surface area (Å²) in [7, 11) is 0. The highest BCUT2D eigenvalue weighted by Gasteiger charge is 2.57. The third-order valence-corrected chi connectivity index (χ3v) is 5.85. The average Bonchev–Trinajstić information content (AvgIpc) is 3.10. The van der Waals surface area contributed by atoms with Crippen molar-refractivity contribution in [1.29, 1.82) is 0 Å². The zero-order valence-corrected chi connectivity index (χ0v) is 15.1. The van der Waals surface area contributed by atoms with E-state index in [4.69, 9.17) is 0 Å². The predicted molar refractivity (Wildman–Crippen MR) is 96.7 cm³/mol. The number of hydrogen-bond donors (Lipinski definition) is 2. The van der Waals surface area contributed by atoms with Crippen LogP contribution in [0, 0.1) is 11.3 Å². The molecule has 0 radical (unpaired) electrons. The number of anilines is 1. The van der Waals surface area contributed by atoms with Gasteiger partial charge in [0.25, 0.3) is 0 Å². The van der Waals surface area contributed by atoms with Crippen LogP contribution in [0.2, 0.25) is 0 Å². The molecule has 1 spiro atoms. The van der Waals surface area contributed by atoms with Gasteiger partial charge in [0.05, 0.1) is 12.7 Å². The molecule has 2 aliphatic rings. The molecule has 6 heteroatoms. The first-order chi connectivity index (χ1) is 11.7. The van der Waals surface area contributed by atoms with E-state index in [-0.39, 0.29) is 17.2 Å². The number of piperidine rings is 1. The Morgan fingerprint density at radius 2 is 2.04 bits per heavy atom. The number of benzene rings is 1. The molecule has 1 aliphatic carbocycles. The number of rotatable bonds is 4. The number of carbonyl (C=O) groups excluding carboxylic acids is 1. The molecule has 1 saturated heterocycles. The van der Waals surface area contributed by atoms with Crippen LogP contribution < -0.4 is 10.6 Å². The third-order valence-electron chi connectivity index (χ3n) is 5.32. The van der Waals surface area contributed by atoms with Crippen LogP contribution in [0.3, 0.4) is 0 Å². The summed E-state index contributed by atoms with van der Waals surface area (Å²) in [4.78, 5) is 12.6. The van der Waals surface area contributed by atoms with E-state index in [1.807, 2.05) is 22.9 Å². The summed E-state index contributed by atoms with van der Waals surface area (Å²) in [6.07, 6.45) is 5.00. The monoisotopic (exact) mass is 388 g/mol. The van der Waals surface area contributed by atoms with E-state index in [9.17, 15) is 4.79 Å². The fourth-order valence-electron chi connectivity index (χ4n) is 3.74. The highest BCUT2D eigenvalue weighted by atomic mass is 79.9. The number of carbonyl (C=O) groups is 1. The summed E-state index contributed by atoms with van der Waals surface area (Å²) in [5.74, 6) is 1.09. The summed E-state index contributed by atoms with van der Waals surface area (Å²) in [6, 6.07) is 10.0. The number of nitrogens with one attached hydrogen (secondary N) is 2. The molecule has 2 aromatic rings. The molecule has 1 saturated carbocycles. The second kappa shape index (κ2) is 6.33. The first-order valence-electron chi connectivity index (χ1n) is 8.44. The molecule has 2 heterocycles. The van der Waals surface area contributed by atoms with Gasteiger partial charge in [0.15, 0.2) is 0 Å². The second-order valence-electron chi connectivity index (χ2n) is 6.86. The maximum Gasteiger partial charge on any atom is 0.229 e. The molecule has 1 aromatic heterocycles. The van der Waals surface area contributed by atoms with Crippen LogP contribution in [-0.4, -0.2) is 28.8 Å². The fourth-order valence-corrected chi connectivity index (χ4v) is 4.00. The Morgan fingerprint density at radius 1 is 1.29 bits per heavy atom. The van der Waals surface area contributed by atoms with Gasteiger partial charge in [-0.3, -0.25) is 4.79 Å². The Labute approximate surface area is 149 Å². The van der Waals surface area contributed by atoms with Crippen LogP contribution in [-0.2, 0) is 11.3 Å². The number of hydrogen-bond acceptors (Lipinski definition) is 3. The molecule has 1 aliphatic heterocycles. The van der Waals surface area contributed by atoms with E-state index >= 15 is 0 Å². The normalized spacial score (nSPS) is 21.6. The predicted octanol–water partition coefficient (Wildman–Crippen LogP) is 3.02. The van der Waals surface area contributed by atoms with Crippen LogP contribution >= 0.6 is 15.9 Å². The number of amides is 1. The van der Waals surface area contributed by atoms with Crippen LogP contribution in [0.5, 0.6) is 0 Å². The number of nitrogens with zero attached hydrogens (tertiary/aromatic N) is 2. The maximum absolute atomic E-state index is 12.6. The van der Waals surface area contributed by atoms with Gasteiger partial charge in [0.2, 0.25) is 5.91 Å². The Hall–Kier alpha value is -1.66. The largest absolute Gasteiger partial charge is 0.317 e. The average molecular weight is 389 g/mol. The van der Waals surface area contributed by atoms with Gasteiger partial charge in [-0.2, -0.15) is 5.10 Å². The summed E-state index contributed by atoms with van der Waals surface area (Å²) < 4.78 is 2.90. The van der Waals surface area contributed by atoms with Crippen molar-refractivity contribution < 1.29 is 4.79 Å². The lowest BCUT2D eigenvalue weighted by molar-refractivity contribution is -0.118. The Balaban J connectivity index is 1.41. The van der Waals surface area contributed by atoms with E-state index in [1.54, 1.807) is 6.20 Å². The second-order valence-corrected chi connectivity index (χ2v) is 7.77. The van der Waals surface area contributed by atoms with Crippen molar-refractivity contribution in [3.63, 3.8) is 0 Å². The molecule has 0 bridgehead atoms. The summed E-state index contributed by atoms with van der Waals surface area (Å²) >= 11 is 3.44. The van der Waals surface area contributed by atoms with E-state index in [1.165, 1.54) is 0 Å². The molecule has 5 nitrogen and oxygen atoms in total. The lowest BCUT2D eigenvalue weighted by Crippen LogP contribution is -2.31. The molecular weight excluding hydrogens is 368 g/mol. The van der Waals surface area contributed by atoms with Crippen molar-refractivity contribution in [2.45, 2.75) is 25.8 Å². The van der Waals surface area contributed by atoms with Crippen LogP contribution in [0.4, 0.5) is 5.82 Å². The molecular formula is C18H21BrN4O. The van der Waals surface area contributed by atoms with Gasteiger partial charge < -0.3 is 10.6 Å². The minimum Gasteiger partial charge on any atom is -0.317 e. The van der Waals surface area contributed by atoms with E-state index in [0.29, 0.717) is 6.54 Å². The van der Waals surface area contributed by atoms with Crippen LogP contribution in [0.25, 0.3) is 0 Å². The van der Waals surface area contributed by atoms with Gasteiger partial charge in [0.1, 0.15) is 5.82 Å². The van der Waals surface area contributed by atoms with E-state index in [2.05, 4.69) is 43.8 Å². The van der Waals surface area contributed by atoms with E-state index < -0.39 is 0 Å². The lowest BCUT2D eigenvalue weighted by Gasteiger charge is -2.23. The Kier molecular flexibility index (Phi) is 4.18. The zero-order chi connectivity index (χ0) is 16.6. The Morgan fingerprint density at radius 3 is 2.79 bits per heavy atom. The van der Waals surface area contributed by atoms with E-state index in [0.717, 1.165) is 48.2 Å². The fraction of sp³-hybridized carbons (Fsp3) is 0.444. The van der Waals surface area contributed by atoms with Gasteiger partial charge in [0, 0.05) is 16.5 Å². The Bertz CT molecular complexity index is 734. The topological polar surface area (TPSA) is 59.0 Å². The van der Waals surface area contributed by atoms with Crippen molar-refractivity contribution in [3.8, 4) is 0 Å². The van der Waals surface area contributed by atoms with Gasteiger partial charge in [-0.05, 0) is 55.5 Å². The lowest BCUT2D eigenvalue weighted by atomic mass is 9.92. The number of aromatic nitrogens is 2. The molecule has 2 fully saturated rings. The standard InChI is InChI=1S/C18H21BrN4O/c19-14-3-1-13(2-4-14)12-23-16(5-8-21-23)22-17(24)15-11-18(15)6-9-20-10-7-18/h1-5,8,15,20H,6-7,9-12H2,(H,22,24).